The first-order valence-electron chi connectivity index (χ1n) is 7.35. The number of benzene rings is 1. The van der Waals surface area contributed by atoms with E-state index in [1.165, 1.54) is 26.2 Å². The number of aromatic hydroxyl groups is 1. The third-order valence-corrected chi connectivity index (χ3v) is 3.32. The molecule has 0 aliphatic rings. The fourth-order valence-corrected chi connectivity index (χ4v) is 2.14. The Bertz CT molecular complexity index is 881. The van der Waals surface area contributed by atoms with Gasteiger partial charge in [0, 0.05) is 11.8 Å². The van der Waals surface area contributed by atoms with E-state index >= 15 is 0 Å². The van der Waals surface area contributed by atoms with Crippen molar-refractivity contribution >= 4 is 17.8 Å². The molecule has 0 bridgehead atoms. The van der Waals surface area contributed by atoms with E-state index in [-0.39, 0.29) is 23.7 Å². The number of allylic oxidation sites excluding steroid dienone is 1. The molecule has 0 unspecified atom stereocenters. The van der Waals surface area contributed by atoms with Crippen LogP contribution in [0.2, 0.25) is 0 Å². The zero-order valence-corrected chi connectivity index (χ0v) is 13.7. The van der Waals surface area contributed by atoms with E-state index in [0.717, 1.165) is 6.07 Å². The molecule has 1 aromatic heterocycles. The van der Waals surface area contributed by atoms with Crippen molar-refractivity contribution in [2.75, 3.05) is 13.7 Å². The van der Waals surface area contributed by atoms with Gasteiger partial charge in [-0.3, -0.25) is 9.59 Å². The number of carbonyl (C=O) groups excluding carboxylic acids is 2. The number of ketones is 1. The maximum Gasteiger partial charge on any atom is 0.343 e. The lowest BCUT2D eigenvalue weighted by molar-refractivity contribution is -0.142. The molecule has 0 aliphatic carbocycles. The maximum atomic E-state index is 12.2. The monoisotopic (exact) mass is 343 g/mol. The Labute approximate surface area is 143 Å². The van der Waals surface area contributed by atoms with Gasteiger partial charge in [-0.25, -0.2) is 4.79 Å². The Hall–Kier alpha value is -3.35. The van der Waals surface area contributed by atoms with Gasteiger partial charge in [0.15, 0.2) is 23.7 Å². The summed E-state index contributed by atoms with van der Waals surface area (Å²) in [6, 6.07) is 7.70. The third-order valence-electron chi connectivity index (χ3n) is 3.32. The van der Waals surface area contributed by atoms with Crippen molar-refractivity contribution in [3.63, 3.8) is 0 Å². The Kier molecular flexibility index (Phi) is 5.73. The molecular formula is C18H17NO6. The van der Waals surface area contributed by atoms with Gasteiger partial charge >= 0.3 is 5.97 Å². The number of aromatic nitrogens is 1. The van der Waals surface area contributed by atoms with Crippen LogP contribution in [0.25, 0.3) is 6.08 Å². The number of hydrogen-bond acceptors (Lipinski definition) is 6. The van der Waals surface area contributed by atoms with Crippen LogP contribution in [0.1, 0.15) is 21.6 Å². The van der Waals surface area contributed by atoms with E-state index in [9.17, 15) is 19.5 Å². The second kappa shape index (κ2) is 7.96. The van der Waals surface area contributed by atoms with Crippen molar-refractivity contribution < 1.29 is 24.2 Å². The average molecular weight is 343 g/mol. The van der Waals surface area contributed by atoms with Gasteiger partial charge in [-0.1, -0.05) is 18.2 Å². The molecule has 2 N–H and O–H groups in total. The molecule has 0 aliphatic heterocycles. The number of H-pyrrole nitrogens is 1. The van der Waals surface area contributed by atoms with Gasteiger partial charge in [-0.05, 0) is 30.7 Å². The minimum Gasteiger partial charge on any atom is -0.494 e. The van der Waals surface area contributed by atoms with Crippen LogP contribution in [0.15, 0.2) is 41.2 Å². The molecule has 0 fully saturated rings. The summed E-state index contributed by atoms with van der Waals surface area (Å²) < 4.78 is 9.75. The van der Waals surface area contributed by atoms with Crippen LogP contribution in [-0.4, -0.2) is 35.6 Å². The zero-order valence-electron chi connectivity index (χ0n) is 13.7. The van der Waals surface area contributed by atoms with Gasteiger partial charge < -0.3 is 19.6 Å². The van der Waals surface area contributed by atoms with Crippen molar-refractivity contribution in [2.45, 2.75) is 6.92 Å². The number of aromatic amines is 1. The number of esters is 1. The molecule has 1 aromatic carbocycles. The zero-order chi connectivity index (χ0) is 18.4. The lowest BCUT2D eigenvalue weighted by Crippen LogP contribution is -2.15. The number of methoxy groups -OCH3 is 1. The standard InChI is InChI=1S/C18H17NO6/c1-11-18(15(21)9-16(22)19-11)14(20)7-6-12-4-3-5-13(8-12)25-10-17(23)24-2/h3-9H,10H2,1-2H3,(H2,19,21,22)/b7-6+. The lowest BCUT2D eigenvalue weighted by Gasteiger charge is -2.05. The quantitative estimate of drug-likeness (QED) is 0.471. The van der Waals surface area contributed by atoms with Crippen LogP contribution in [0.3, 0.4) is 0 Å². The SMILES string of the molecule is COC(=O)COc1cccc(/C=C/C(=O)c2c(C)[nH]c(O)cc2=O)c1. The number of pyridine rings is 1. The summed E-state index contributed by atoms with van der Waals surface area (Å²) in [7, 11) is 1.27. The predicted octanol–water partition coefficient (Wildman–Crippen LogP) is 1.84. The van der Waals surface area contributed by atoms with Crippen molar-refractivity contribution in [3.8, 4) is 11.6 Å². The number of aryl methyl sites for hydroxylation is 1. The Balaban J connectivity index is 2.15. The van der Waals surface area contributed by atoms with Gasteiger partial charge in [-0.2, -0.15) is 0 Å². The highest BCUT2D eigenvalue weighted by Crippen LogP contribution is 2.15. The average Bonchev–Trinajstić information content (AvgIpc) is 2.57. The van der Waals surface area contributed by atoms with Crippen LogP contribution in [-0.2, 0) is 9.53 Å². The van der Waals surface area contributed by atoms with E-state index in [1.54, 1.807) is 24.3 Å². The second-order valence-corrected chi connectivity index (χ2v) is 5.15. The van der Waals surface area contributed by atoms with E-state index in [2.05, 4.69) is 9.72 Å². The van der Waals surface area contributed by atoms with E-state index in [0.29, 0.717) is 11.3 Å². The van der Waals surface area contributed by atoms with Crippen molar-refractivity contribution in [2.24, 2.45) is 0 Å². The van der Waals surface area contributed by atoms with Crippen molar-refractivity contribution in [1.82, 2.24) is 4.98 Å². The molecule has 0 atom stereocenters. The molecule has 0 spiro atoms. The number of nitrogens with one attached hydrogen (secondary N) is 1. The smallest absolute Gasteiger partial charge is 0.343 e. The maximum absolute atomic E-state index is 12.2. The summed E-state index contributed by atoms with van der Waals surface area (Å²) in [5.41, 5.74) is 0.351. The van der Waals surface area contributed by atoms with Crippen LogP contribution >= 0.6 is 0 Å². The Morgan fingerprint density at radius 1 is 1.28 bits per heavy atom. The molecule has 1 heterocycles. The van der Waals surface area contributed by atoms with Crippen LogP contribution in [0.5, 0.6) is 11.6 Å². The molecule has 0 radical (unpaired) electrons. The minimum atomic E-state index is -0.557. The predicted molar refractivity (Wildman–Crippen MR) is 90.8 cm³/mol. The topological polar surface area (TPSA) is 106 Å². The first-order chi connectivity index (χ1) is 11.9. The van der Waals surface area contributed by atoms with Crippen molar-refractivity contribution in [3.05, 3.63) is 63.5 Å². The van der Waals surface area contributed by atoms with E-state index in [1.807, 2.05) is 0 Å². The number of rotatable bonds is 6. The summed E-state index contributed by atoms with van der Waals surface area (Å²) in [5, 5.41) is 9.31. The molecule has 2 rings (SSSR count). The van der Waals surface area contributed by atoms with Gasteiger partial charge in [0.1, 0.15) is 5.75 Å². The molecule has 2 aromatic rings. The van der Waals surface area contributed by atoms with Gasteiger partial charge in [0.2, 0.25) is 0 Å². The van der Waals surface area contributed by atoms with Crippen LogP contribution < -0.4 is 10.2 Å². The highest BCUT2D eigenvalue weighted by Gasteiger charge is 2.12. The Morgan fingerprint density at radius 2 is 2.04 bits per heavy atom. The van der Waals surface area contributed by atoms with E-state index in [4.69, 9.17) is 4.74 Å². The summed E-state index contributed by atoms with van der Waals surface area (Å²) >= 11 is 0. The van der Waals surface area contributed by atoms with Gasteiger partial charge in [0.05, 0.1) is 12.7 Å². The first kappa shape index (κ1) is 18.0. The molecule has 0 amide bonds. The Morgan fingerprint density at radius 3 is 2.72 bits per heavy atom. The fraction of sp³-hybridized carbons (Fsp3) is 0.167. The van der Waals surface area contributed by atoms with Crippen LogP contribution in [0, 0.1) is 6.92 Å². The normalized spacial score (nSPS) is 10.6. The largest absolute Gasteiger partial charge is 0.494 e. The summed E-state index contributed by atoms with van der Waals surface area (Å²) in [6.07, 6.45) is 2.78. The molecule has 25 heavy (non-hydrogen) atoms. The number of carbonyl (C=O) groups is 2. The minimum absolute atomic E-state index is 0.0351. The highest BCUT2D eigenvalue weighted by molar-refractivity contribution is 6.07. The molecular weight excluding hydrogens is 326 g/mol. The van der Waals surface area contributed by atoms with Gasteiger partial charge in [-0.15, -0.1) is 0 Å². The molecule has 130 valence electrons. The number of ether oxygens (including phenoxy) is 2. The summed E-state index contributed by atoms with van der Waals surface area (Å²) in [4.78, 5) is 37.7. The first-order valence-corrected chi connectivity index (χ1v) is 7.35. The summed E-state index contributed by atoms with van der Waals surface area (Å²) in [5.74, 6) is -0.838. The molecule has 0 saturated carbocycles. The molecule has 0 saturated heterocycles. The molecule has 7 heteroatoms. The van der Waals surface area contributed by atoms with Crippen molar-refractivity contribution in [1.29, 1.82) is 0 Å². The van der Waals surface area contributed by atoms with Crippen LogP contribution in [0.4, 0.5) is 0 Å². The molecule has 7 nitrogen and oxygen atoms in total. The fourth-order valence-electron chi connectivity index (χ4n) is 2.14. The van der Waals surface area contributed by atoms with Gasteiger partial charge in [0.25, 0.3) is 0 Å². The second-order valence-electron chi connectivity index (χ2n) is 5.15. The summed E-state index contributed by atoms with van der Waals surface area (Å²) in [6.45, 7) is 1.31. The lowest BCUT2D eigenvalue weighted by atomic mass is 10.1. The van der Waals surface area contributed by atoms with E-state index < -0.39 is 17.2 Å². The third kappa shape index (κ3) is 4.81. The highest BCUT2D eigenvalue weighted by atomic mass is 16.6. The number of hydrogen-bond donors (Lipinski definition) is 2.